The Morgan fingerprint density at radius 3 is 2.59 bits per heavy atom. The van der Waals surface area contributed by atoms with Gasteiger partial charge in [0.2, 0.25) is 0 Å². The Kier molecular flexibility index (Phi) is 12.4. The van der Waals surface area contributed by atoms with Gasteiger partial charge >= 0.3 is 0 Å². The van der Waals surface area contributed by atoms with Gasteiger partial charge in [-0.05, 0) is 29.5 Å². The maximum atomic E-state index is 11.0. The number of aromatic nitrogens is 1. The van der Waals surface area contributed by atoms with Gasteiger partial charge in [-0.1, -0.05) is 45.9 Å². The molecule has 7 nitrogen and oxygen atoms in total. The third kappa shape index (κ3) is 10.1. The number of nitrogens with zero attached hydrogens (tertiary/aromatic N) is 3. The normalized spacial score (nSPS) is 11.8. The van der Waals surface area contributed by atoms with Crippen molar-refractivity contribution in [1.82, 2.24) is 4.98 Å². The highest BCUT2D eigenvalue weighted by Crippen LogP contribution is 2.25. The minimum atomic E-state index is -0.00955. The Hall–Kier alpha value is -1.90. The predicted octanol–water partition coefficient (Wildman–Crippen LogP) is 3.87. The smallest absolute Gasteiger partial charge is 0.175 e. The number of aliphatic hydroxyl groups excluding tert-OH is 1. The lowest BCUT2D eigenvalue weighted by molar-refractivity contribution is 0.334. The molecule has 0 aliphatic carbocycles. The Morgan fingerprint density at radius 1 is 1.41 bits per heavy atom. The standard InChI is InChI=1S/C19H30N4O2.H3NS/c1-6-7-8-15(13-24)9-10-16-11-12-17(20-14-19(2,3)4)18(21-16)23(5)22-25;1-2/h7-9,11-12,20,24H,6,10,13-14H2,1-5H3;2H,1H2/b8-7-,15-9+;. The van der Waals surface area contributed by atoms with E-state index in [1.54, 1.807) is 7.05 Å². The van der Waals surface area contributed by atoms with Crippen molar-refractivity contribution in [2.45, 2.75) is 40.5 Å². The lowest BCUT2D eigenvalue weighted by Gasteiger charge is -2.22. The van der Waals surface area contributed by atoms with Gasteiger partial charge in [0.1, 0.15) is 0 Å². The molecule has 1 aromatic heterocycles. The number of nitrogens with one attached hydrogen (secondary N) is 1. The zero-order valence-electron chi connectivity index (χ0n) is 16.9. The van der Waals surface area contributed by atoms with E-state index >= 15 is 0 Å². The minimum Gasteiger partial charge on any atom is -0.392 e. The summed E-state index contributed by atoms with van der Waals surface area (Å²) in [7, 11) is 1.58. The van der Waals surface area contributed by atoms with Gasteiger partial charge in [-0.2, -0.15) is 0 Å². The fourth-order valence-corrected chi connectivity index (χ4v) is 2.08. The third-order valence-electron chi connectivity index (χ3n) is 3.49. The average molecular weight is 396 g/mol. The van der Waals surface area contributed by atoms with E-state index in [9.17, 15) is 10.0 Å². The first-order chi connectivity index (χ1) is 12.8. The van der Waals surface area contributed by atoms with E-state index in [4.69, 9.17) is 0 Å². The average Bonchev–Trinajstić information content (AvgIpc) is 2.67. The molecule has 0 aliphatic heterocycles. The molecule has 152 valence electrons. The number of rotatable bonds is 9. The molecule has 1 aromatic rings. The van der Waals surface area contributed by atoms with Crippen LogP contribution in [0.1, 0.15) is 39.8 Å². The topological polar surface area (TPSA) is 104 Å². The van der Waals surface area contributed by atoms with Crippen molar-refractivity contribution in [1.29, 1.82) is 0 Å². The highest BCUT2D eigenvalue weighted by Gasteiger charge is 2.14. The zero-order valence-corrected chi connectivity index (χ0v) is 17.8. The molecule has 0 amide bonds. The van der Waals surface area contributed by atoms with E-state index in [0.29, 0.717) is 12.2 Å². The van der Waals surface area contributed by atoms with Crippen LogP contribution in [0.4, 0.5) is 11.5 Å². The van der Waals surface area contributed by atoms with E-state index < -0.39 is 0 Å². The van der Waals surface area contributed by atoms with Crippen LogP contribution in [-0.4, -0.2) is 30.3 Å². The molecule has 1 heterocycles. The van der Waals surface area contributed by atoms with Gasteiger partial charge in [-0.3, -0.25) is 5.14 Å². The number of nitroso groups, excluding NO2 is 1. The summed E-state index contributed by atoms with van der Waals surface area (Å²) in [6.45, 7) is 9.19. The number of hydrogen-bond donors (Lipinski definition) is 4. The van der Waals surface area contributed by atoms with Crippen LogP contribution in [0.15, 0.2) is 41.2 Å². The van der Waals surface area contributed by atoms with Crippen LogP contribution < -0.4 is 15.5 Å². The van der Waals surface area contributed by atoms with Gasteiger partial charge in [0.05, 0.1) is 17.6 Å². The molecular formula is C19H33N5O2S. The van der Waals surface area contributed by atoms with Crippen LogP contribution in [-0.2, 0) is 6.42 Å². The fraction of sp³-hybridized carbons (Fsp3) is 0.526. The van der Waals surface area contributed by atoms with Crippen molar-refractivity contribution in [3.05, 3.63) is 46.5 Å². The maximum absolute atomic E-state index is 11.0. The summed E-state index contributed by atoms with van der Waals surface area (Å²) in [6.07, 6.45) is 7.35. The number of thiol groups is 1. The summed E-state index contributed by atoms with van der Waals surface area (Å²) in [5.74, 6) is 0.500. The van der Waals surface area contributed by atoms with Crippen molar-refractivity contribution >= 4 is 24.3 Å². The molecule has 0 unspecified atom stereocenters. The molecule has 0 saturated carbocycles. The molecule has 0 aromatic carbocycles. The molecule has 1 rings (SSSR count). The number of anilines is 2. The summed E-state index contributed by atoms with van der Waals surface area (Å²) in [5.41, 5.74) is 2.54. The van der Waals surface area contributed by atoms with Crippen molar-refractivity contribution in [2.75, 3.05) is 30.5 Å². The molecule has 0 atom stereocenters. The van der Waals surface area contributed by atoms with Gasteiger partial charge in [0.25, 0.3) is 0 Å². The van der Waals surface area contributed by atoms with Gasteiger partial charge in [0, 0.05) is 25.7 Å². The second-order valence-electron chi connectivity index (χ2n) is 7.15. The van der Waals surface area contributed by atoms with E-state index in [2.05, 4.69) is 54.3 Å². The van der Waals surface area contributed by atoms with Crippen molar-refractivity contribution < 1.29 is 5.11 Å². The van der Waals surface area contributed by atoms with Crippen LogP contribution in [0.3, 0.4) is 0 Å². The molecule has 0 aliphatic rings. The third-order valence-corrected chi connectivity index (χ3v) is 3.49. The van der Waals surface area contributed by atoms with Crippen LogP contribution in [0.2, 0.25) is 0 Å². The molecule has 0 spiro atoms. The lowest BCUT2D eigenvalue weighted by atomic mass is 9.97. The van der Waals surface area contributed by atoms with Crippen molar-refractivity contribution in [3.8, 4) is 0 Å². The van der Waals surface area contributed by atoms with E-state index in [-0.39, 0.29) is 12.0 Å². The quantitative estimate of drug-likeness (QED) is 0.219. The van der Waals surface area contributed by atoms with Gasteiger partial charge < -0.3 is 10.4 Å². The number of aliphatic hydroxyl groups is 1. The SMILES string of the molecule is CC/C=C\C(=C/Cc1ccc(NCC(C)(C)C)c(N(C)N=O)n1)CO.NS. The van der Waals surface area contributed by atoms with Crippen LogP contribution >= 0.6 is 12.8 Å². The minimum absolute atomic E-state index is 0.00955. The van der Waals surface area contributed by atoms with Gasteiger partial charge in [0.15, 0.2) is 5.82 Å². The molecule has 8 heteroatoms. The Bertz CT molecular complexity index is 627. The van der Waals surface area contributed by atoms with Crippen molar-refractivity contribution in [3.63, 3.8) is 0 Å². The Labute approximate surface area is 168 Å². The van der Waals surface area contributed by atoms with Crippen molar-refractivity contribution in [2.24, 2.45) is 15.8 Å². The Balaban J connectivity index is 0.00000326. The van der Waals surface area contributed by atoms with E-state index in [0.717, 1.165) is 29.9 Å². The first-order valence-electron chi connectivity index (χ1n) is 8.83. The maximum Gasteiger partial charge on any atom is 0.175 e. The molecule has 0 bridgehead atoms. The largest absolute Gasteiger partial charge is 0.392 e. The van der Waals surface area contributed by atoms with E-state index in [1.807, 2.05) is 37.3 Å². The Morgan fingerprint density at radius 2 is 2.07 bits per heavy atom. The molecule has 0 fully saturated rings. The molecule has 4 N–H and O–H groups in total. The summed E-state index contributed by atoms with van der Waals surface area (Å²) in [5, 5.41) is 21.1. The van der Waals surface area contributed by atoms with Crippen LogP contribution in [0.5, 0.6) is 0 Å². The number of pyridine rings is 1. The predicted molar refractivity (Wildman–Crippen MR) is 118 cm³/mol. The lowest BCUT2D eigenvalue weighted by Crippen LogP contribution is -2.21. The van der Waals surface area contributed by atoms with E-state index in [1.165, 1.54) is 5.01 Å². The highest BCUT2D eigenvalue weighted by atomic mass is 32.1. The summed E-state index contributed by atoms with van der Waals surface area (Å²) < 4.78 is 0. The van der Waals surface area contributed by atoms with Crippen LogP contribution in [0, 0.1) is 10.3 Å². The molecule has 0 radical (unpaired) electrons. The number of nitrogens with two attached hydrogens (primary N) is 1. The fourth-order valence-electron chi connectivity index (χ4n) is 2.08. The summed E-state index contributed by atoms with van der Waals surface area (Å²) in [4.78, 5) is 15.5. The van der Waals surface area contributed by atoms with Gasteiger partial charge in [-0.15, -0.1) is 17.7 Å². The molecule has 27 heavy (non-hydrogen) atoms. The monoisotopic (exact) mass is 395 g/mol. The van der Waals surface area contributed by atoms with Gasteiger partial charge in [-0.25, -0.2) is 9.99 Å². The summed E-state index contributed by atoms with van der Waals surface area (Å²) >= 11 is 3.03. The molecular weight excluding hydrogens is 362 g/mol. The second-order valence-corrected chi connectivity index (χ2v) is 7.15. The van der Waals surface area contributed by atoms with Crippen LogP contribution in [0.25, 0.3) is 0 Å². The second kappa shape index (κ2) is 13.3. The first kappa shape index (κ1) is 25.1. The first-order valence-corrected chi connectivity index (χ1v) is 9.35. The summed E-state index contributed by atoms with van der Waals surface area (Å²) in [6, 6.07) is 3.83. The highest BCUT2D eigenvalue weighted by molar-refractivity contribution is 7.77. The zero-order chi connectivity index (χ0) is 20.9. The molecule has 0 saturated heterocycles. The number of hydrogen-bond acceptors (Lipinski definition) is 7. The number of allylic oxidation sites excluding steroid dienone is 2.